The van der Waals surface area contributed by atoms with Gasteiger partial charge >= 0.3 is 0 Å². The van der Waals surface area contributed by atoms with Gasteiger partial charge < -0.3 is 10.5 Å². The molecule has 2 aromatic rings. The molecule has 112 valence electrons. The molecule has 0 aliphatic carbocycles. The Morgan fingerprint density at radius 1 is 1.05 bits per heavy atom. The molecule has 0 bridgehead atoms. The number of rotatable bonds is 7. The van der Waals surface area contributed by atoms with Crippen molar-refractivity contribution in [2.24, 2.45) is 5.73 Å². The standard InChI is InChI=1S/C17H21BrN2O/c1-21-17-7-3-5-15(11-17)13-20(9-8-19)12-14-4-2-6-16(18)10-14/h2-7,10-11H,8-9,12-13,19H2,1H3. The van der Waals surface area contributed by atoms with Gasteiger partial charge in [0.2, 0.25) is 0 Å². The van der Waals surface area contributed by atoms with E-state index in [0.717, 1.165) is 29.9 Å². The molecule has 0 saturated carbocycles. The highest BCUT2D eigenvalue weighted by Crippen LogP contribution is 2.17. The summed E-state index contributed by atoms with van der Waals surface area (Å²) in [6.07, 6.45) is 0. The van der Waals surface area contributed by atoms with Gasteiger partial charge in [0, 0.05) is 30.7 Å². The second-order valence-corrected chi connectivity index (χ2v) is 5.90. The first kappa shape index (κ1) is 16.0. The molecule has 4 heteroatoms. The van der Waals surface area contributed by atoms with Crippen LogP contribution in [0.15, 0.2) is 53.0 Å². The lowest BCUT2D eigenvalue weighted by Crippen LogP contribution is -2.28. The van der Waals surface area contributed by atoms with Crippen molar-refractivity contribution in [1.82, 2.24) is 4.90 Å². The number of nitrogens with zero attached hydrogens (tertiary/aromatic N) is 1. The predicted octanol–water partition coefficient (Wildman–Crippen LogP) is 3.42. The monoisotopic (exact) mass is 348 g/mol. The van der Waals surface area contributed by atoms with E-state index in [4.69, 9.17) is 10.5 Å². The number of hydrogen-bond acceptors (Lipinski definition) is 3. The summed E-state index contributed by atoms with van der Waals surface area (Å²) in [6.45, 7) is 3.26. The third kappa shape index (κ3) is 5.16. The van der Waals surface area contributed by atoms with Gasteiger partial charge in [-0.1, -0.05) is 40.2 Å². The van der Waals surface area contributed by atoms with Crippen LogP contribution in [0.2, 0.25) is 0 Å². The Hall–Kier alpha value is -1.36. The number of methoxy groups -OCH3 is 1. The van der Waals surface area contributed by atoms with E-state index in [0.29, 0.717) is 6.54 Å². The summed E-state index contributed by atoms with van der Waals surface area (Å²) in [5, 5.41) is 0. The van der Waals surface area contributed by atoms with Gasteiger partial charge in [0.15, 0.2) is 0 Å². The summed E-state index contributed by atoms with van der Waals surface area (Å²) in [5.74, 6) is 0.891. The molecule has 0 unspecified atom stereocenters. The molecule has 0 fully saturated rings. The average molecular weight is 349 g/mol. The maximum absolute atomic E-state index is 5.75. The van der Waals surface area contributed by atoms with Crippen molar-refractivity contribution < 1.29 is 4.74 Å². The van der Waals surface area contributed by atoms with Crippen molar-refractivity contribution in [1.29, 1.82) is 0 Å². The Kier molecular flexibility index (Phi) is 6.23. The third-order valence-corrected chi connectivity index (χ3v) is 3.77. The molecule has 0 aliphatic heterocycles. The first-order valence-electron chi connectivity index (χ1n) is 7.01. The van der Waals surface area contributed by atoms with Gasteiger partial charge in [-0.25, -0.2) is 0 Å². The van der Waals surface area contributed by atoms with Gasteiger partial charge in [0.25, 0.3) is 0 Å². The number of hydrogen-bond donors (Lipinski definition) is 1. The minimum atomic E-state index is 0.651. The number of ether oxygens (including phenoxy) is 1. The molecular formula is C17H21BrN2O. The van der Waals surface area contributed by atoms with E-state index in [2.05, 4.69) is 51.2 Å². The molecule has 21 heavy (non-hydrogen) atoms. The largest absolute Gasteiger partial charge is 0.497 e. The Morgan fingerprint density at radius 2 is 1.71 bits per heavy atom. The summed E-state index contributed by atoms with van der Waals surface area (Å²) < 4.78 is 6.39. The predicted molar refractivity (Wildman–Crippen MR) is 90.3 cm³/mol. The summed E-state index contributed by atoms with van der Waals surface area (Å²) in [5.41, 5.74) is 8.26. The maximum atomic E-state index is 5.75. The summed E-state index contributed by atoms with van der Waals surface area (Å²) in [4.78, 5) is 2.34. The van der Waals surface area contributed by atoms with Crippen LogP contribution >= 0.6 is 15.9 Å². The zero-order valence-electron chi connectivity index (χ0n) is 12.3. The Balaban J connectivity index is 2.07. The fourth-order valence-corrected chi connectivity index (χ4v) is 2.77. The molecule has 0 amide bonds. The SMILES string of the molecule is COc1cccc(CN(CCN)Cc2cccc(Br)c2)c1. The van der Waals surface area contributed by atoms with Gasteiger partial charge in [-0.15, -0.1) is 0 Å². The highest BCUT2D eigenvalue weighted by Gasteiger charge is 2.07. The average Bonchev–Trinajstić information content (AvgIpc) is 2.48. The maximum Gasteiger partial charge on any atom is 0.119 e. The molecule has 3 nitrogen and oxygen atoms in total. The molecule has 0 radical (unpaired) electrons. The molecule has 0 aliphatic rings. The van der Waals surface area contributed by atoms with Gasteiger partial charge in [-0.2, -0.15) is 0 Å². The number of halogens is 1. The minimum absolute atomic E-state index is 0.651. The highest BCUT2D eigenvalue weighted by atomic mass is 79.9. The smallest absolute Gasteiger partial charge is 0.119 e. The van der Waals surface area contributed by atoms with Crippen molar-refractivity contribution in [3.05, 3.63) is 64.1 Å². The van der Waals surface area contributed by atoms with Crippen LogP contribution in [0.3, 0.4) is 0 Å². The highest BCUT2D eigenvalue weighted by molar-refractivity contribution is 9.10. The third-order valence-electron chi connectivity index (χ3n) is 3.28. The van der Waals surface area contributed by atoms with Crippen molar-refractivity contribution in [2.75, 3.05) is 20.2 Å². The quantitative estimate of drug-likeness (QED) is 0.833. The van der Waals surface area contributed by atoms with E-state index in [1.54, 1.807) is 7.11 Å². The molecule has 0 spiro atoms. The van der Waals surface area contributed by atoms with E-state index in [1.807, 2.05) is 18.2 Å². The van der Waals surface area contributed by atoms with E-state index in [9.17, 15) is 0 Å². The first-order chi connectivity index (χ1) is 10.2. The normalized spacial score (nSPS) is 10.9. The van der Waals surface area contributed by atoms with Gasteiger partial charge in [0.1, 0.15) is 5.75 Å². The molecule has 2 aromatic carbocycles. The Labute approximate surface area is 134 Å². The topological polar surface area (TPSA) is 38.5 Å². The Morgan fingerprint density at radius 3 is 2.33 bits per heavy atom. The summed E-state index contributed by atoms with van der Waals surface area (Å²) in [7, 11) is 1.69. The Bertz CT molecular complexity index is 574. The van der Waals surface area contributed by atoms with Crippen molar-refractivity contribution in [3.8, 4) is 5.75 Å². The minimum Gasteiger partial charge on any atom is -0.497 e. The summed E-state index contributed by atoms with van der Waals surface area (Å²) >= 11 is 3.52. The van der Waals surface area contributed by atoms with Crippen molar-refractivity contribution >= 4 is 15.9 Å². The second-order valence-electron chi connectivity index (χ2n) is 4.98. The zero-order chi connectivity index (χ0) is 15.1. The van der Waals surface area contributed by atoms with Crippen LogP contribution in [0, 0.1) is 0 Å². The van der Waals surface area contributed by atoms with E-state index in [-0.39, 0.29) is 0 Å². The lowest BCUT2D eigenvalue weighted by molar-refractivity contribution is 0.264. The fraction of sp³-hybridized carbons (Fsp3) is 0.294. The lowest BCUT2D eigenvalue weighted by atomic mass is 10.1. The van der Waals surface area contributed by atoms with Crippen LogP contribution in [0.4, 0.5) is 0 Å². The van der Waals surface area contributed by atoms with Gasteiger partial charge in [-0.3, -0.25) is 4.90 Å². The number of benzene rings is 2. The van der Waals surface area contributed by atoms with Crippen LogP contribution in [0.5, 0.6) is 5.75 Å². The van der Waals surface area contributed by atoms with Crippen molar-refractivity contribution in [3.63, 3.8) is 0 Å². The van der Waals surface area contributed by atoms with E-state index in [1.165, 1.54) is 11.1 Å². The van der Waals surface area contributed by atoms with Crippen LogP contribution in [-0.2, 0) is 13.1 Å². The van der Waals surface area contributed by atoms with Crippen LogP contribution in [0.1, 0.15) is 11.1 Å². The fourth-order valence-electron chi connectivity index (χ4n) is 2.32. The van der Waals surface area contributed by atoms with Crippen LogP contribution in [-0.4, -0.2) is 25.1 Å². The molecule has 2 N–H and O–H groups in total. The van der Waals surface area contributed by atoms with Crippen LogP contribution in [0.25, 0.3) is 0 Å². The second kappa shape index (κ2) is 8.17. The van der Waals surface area contributed by atoms with Crippen LogP contribution < -0.4 is 10.5 Å². The molecular weight excluding hydrogens is 328 g/mol. The molecule has 2 rings (SSSR count). The molecule has 0 saturated heterocycles. The van der Waals surface area contributed by atoms with Gasteiger partial charge in [-0.05, 0) is 35.4 Å². The van der Waals surface area contributed by atoms with Gasteiger partial charge in [0.05, 0.1) is 7.11 Å². The van der Waals surface area contributed by atoms with E-state index >= 15 is 0 Å². The lowest BCUT2D eigenvalue weighted by Gasteiger charge is -2.22. The molecule has 0 heterocycles. The summed E-state index contributed by atoms with van der Waals surface area (Å²) in [6, 6.07) is 16.6. The zero-order valence-corrected chi connectivity index (χ0v) is 13.8. The molecule has 0 aromatic heterocycles. The van der Waals surface area contributed by atoms with Crippen molar-refractivity contribution in [2.45, 2.75) is 13.1 Å². The first-order valence-corrected chi connectivity index (χ1v) is 7.80. The molecule has 0 atom stereocenters. The number of nitrogens with two attached hydrogens (primary N) is 1. The van der Waals surface area contributed by atoms with E-state index < -0.39 is 0 Å².